The lowest BCUT2D eigenvalue weighted by Crippen LogP contribution is -2.35. The van der Waals surface area contributed by atoms with E-state index in [1.165, 1.54) is 6.08 Å². The second-order valence-corrected chi connectivity index (χ2v) is 6.66. The second-order valence-electron chi connectivity index (χ2n) is 5.18. The maximum Gasteiger partial charge on any atom is 0.290 e. The fraction of sp³-hybridized carbons (Fsp3) is 0.667. The van der Waals surface area contributed by atoms with Crippen molar-refractivity contribution in [2.45, 2.75) is 39.2 Å². The molecule has 0 bridgehead atoms. The summed E-state index contributed by atoms with van der Waals surface area (Å²) in [7, 11) is -4.07. The molecule has 17 heavy (non-hydrogen) atoms. The summed E-state index contributed by atoms with van der Waals surface area (Å²) in [6.07, 6.45) is 5.70. The third-order valence-electron chi connectivity index (χ3n) is 3.84. The summed E-state index contributed by atoms with van der Waals surface area (Å²) in [5, 5.41) is 0. The Bertz CT molecular complexity index is 471. The number of hydrogen-bond donors (Lipinski definition) is 1. The maximum absolute atomic E-state index is 11.2. The molecular formula is C12H18O4S. The van der Waals surface area contributed by atoms with Crippen molar-refractivity contribution in [2.24, 2.45) is 5.41 Å². The van der Waals surface area contributed by atoms with Gasteiger partial charge in [0.2, 0.25) is 0 Å². The van der Waals surface area contributed by atoms with Crippen molar-refractivity contribution in [1.82, 2.24) is 0 Å². The van der Waals surface area contributed by atoms with Gasteiger partial charge in [-0.2, -0.15) is 8.42 Å². The predicted molar refractivity (Wildman–Crippen MR) is 65.1 cm³/mol. The van der Waals surface area contributed by atoms with Crippen molar-refractivity contribution in [3.05, 3.63) is 22.6 Å². The van der Waals surface area contributed by atoms with Crippen LogP contribution in [-0.4, -0.2) is 25.7 Å². The standard InChI is InChI=1S/C12H18O4S/c1-9-3-4-11(17(13,14)15)8-12(9,2)7-10-5-6-16-10/h3-4,10H,5-8H2,1-2H3,(H,13,14,15). The van der Waals surface area contributed by atoms with Gasteiger partial charge in [-0.05, 0) is 37.7 Å². The van der Waals surface area contributed by atoms with Crippen molar-refractivity contribution in [2.75, 3.05) is 6.61 Å². The molecule has 0 radical (unpaired) electrons. The Balaban J connectivity index is 2.20. The van der Waals surface area contributed by atoms with Crippen molar-refractivity contribution in [3.63, 3.8) is 0 Å². The molecule has 2 aliphatic rings. The second kappa shape index (κ2) is 4.23. The largest absolute Gasteiger partial charge is 0.378 e. The van der Waals surface area contributed by atoms with E-state index < -0.39 is 10.1 Å². The number of hydrogen-bond acceptors (Lipinski definition) is 3. The van der Waals surface area contributed by atoms with Gasteiger partial charge in [-0.25, -0.2) is 0 Å². The van der Waals surface area contributed by atoms with Crippen LogP contribution in [0.15, 0.2) is 22.6 Å². The molecule has 0 spiro atoms. The highest BCUT2D eigenvalue weighted by Gasteiger charge is 2.37. The lowest BCUT2D eigenvalue weighted by Gasteiger charge is -2.39. The molecule has 0 saturated carbocycles. The Morgan fingerprint density at radius 3 is 2.65 bits per heavy atom. The van der Waals surface area contributed by atoms with Gasteiger partial charge in [-0.3, -0.25) is 4.55 Å². The van der Waals surface area contributed by atoms with Crippen LogP contribution in [0.3, 0.4) is 0 Å². The summed E-state index contributed by atoms with van der Waals surface area (Å²) in [6, 6.07) is 0. The van der Waals surface area contributed by atoms with Crippen molar-refractivity contribution in [3.8, 4) is 0 Å². The molecule has 2 rings (SSSR count). The average Bonchev–Trinajstić information content (AvgIpc) is 2.15. The first kappa shape index (κ1) is 12.8. The van der Waals surface area contributed by atoms with Crippen LogP contribution in [-0.2, 0) is 14.9 Å². The van der Waals surface area contributed by atoms with Crippen LogP contribution in [0.4, 0.5) is 0 Å². The maximum atomic E-state index is 11.2. The normalized spacial score (nSPS) is 33.7. The molecule has 5 heteroatoms. The molecule has 2 atom stereocenters. The Morgan fingerprint density at radius 2 is 2.18 bits per heavy atom. The Hall–Kier alpha value is -0.650. The lowest BCUT2D eigenvalue weighted by atomic mass is 9.72. The number of ether oxygens (including phenoxy) is 1. The molecule has 0 aromatic heterocycles. The van der Waals surface area contributed by atoms with Crippen molar-refractivity contribution < 1.29 is 17.7 Å². The van der Waals surface area contributed by atoms with E-state index >= 15 is 0 Å². The third-order valence-corrected chi connectivity index (χ3v) is 4.78. The highest BCUT2D eigenvalue weighted by molar-refractivity contribution is 7.89. The molecule has 2 unspecified atom stereocenters. The fourth-order valence-corrected chi connectivity index (χ4v) is 3.10. The van der Waals surface area contributed by atoms with Gasteiger partial charge in [-0.1, -0.05) is 18.6 Å². The zero-order valence-corrected chi connectivity index (χ0v) is 11.0. The quantitative estimate of drug-likeness (QED) is 0.789. The first-order valence-electron chi connectivity index (χ1n) is 5.78. The van der Waals surface area contributed by atoms with Gasteiger partial charge >= 0.3 is 0 Å². The summed E-state index contributed by atoms with van der Waals surface area (Å²) >= 11 is 0. The van der Waals surface area contributed by atoms with Crippen LogP contribution >= 0.6 is 0 Å². The predicted octanol–water partition coefficient (Wildman–Crippen LogP) is 2.29. The molecule has 1 aliphatic carbocycles. The molecule has 1 N–H and O–H groups in total. The van der Waals surface area contributed by atoms with Gasteiger partial charge in [0.15, 0.2) is 0 Å². The molecule has 0 aromatic rings. The van der Waals surface area contributed by atoms with Gasteiger partial charge in [-0.15, -0.1) is 0 Å². The van der Waals surface area contributed by atoms with E-state index in [0.29, 0.717) is 6.42 Å². The first-order chi connectivity index (χ1) is 7.81. The Labute approximate surface area is 102 Å². The number of rotatable bonds is 3. The average molecular weight is 258 g/mol. The molecule has 1 heterocycles. The lowest BCUT2D eigenvalue weighted by molar-refractivity contribution is -0.0697. The van der Waals surface area contributed by atoms with Gasteiger partial charge in [0.05, 0.1) is 11.0 Å². The third kappa shape index (κ3) is 2.61. The zero-order chi connectivity index (χ0) is 12.7. The van der Waals surface area contributed by atoms with E-state index in [1.54, 1.807) is 6.08 Å². The molecule has 0 aromatic carbocycles. The summed E-state index contributed by atoms with van der Waals surface area (Å²) in [5.41, 5.74) is 0.908. The molecule has 4 nitrogen and oxygen atoms in total. The molecular weight excluding hydrogens is 240 g/mol. The first-order valence-corrected chi connectivity index (χ1v) is 7.22. The summed E-state index contributed by atoms with van der Waals surface area (Å²) < 4.78 is 36.9. The van der Waals surface area contributed by atoms with Crippen molar-refractivity contribution >= 4 is 10.1 Å². The Kier molecular flexibility index (Phi) is 3.18. The van der Waals surface area contributed by atoms with Gasteiger partial charge in [0, 0.05) is 6.61 Å². The van der Waals surface area contributed by atoms with E-state index in [9.17, 15) is 8.42 Å². The van der Waals surface area contributed by atoms with E-state index in [2.05, 4.69) is 0 Å². The minimum atomic E-state index is -4.07. The highest BCUT2D eigenvalue weighted by Crippen LogP contribution is 2.44. The SMILES string of the molecule is CC1=CC=C(S(=O)(=O)O)CC1(C)CC1CCO1. The van der Waals surface area contributed by atoms with Gasteiger partial charge in [0.1, 0.15) is 0 Å². The monoisotopic (exact) mass is 258 g/mol. The van der Waals surface area contributed by atoms with E-state index in [4.69, 9.17) is 9.29 Å². The summed E-state index contributed by atoms with van der Waals surface area (Å²) in [5.74, 6) is 0. The van der Waals surface area contributed by atoms with Crippen LogP contribution in [0.1, 0.15) is 33.1 Å². The molecule has 0 amide bonds. The van der Waals surface area contributed by atoms with Crippen molar-refractivity contribution in [1.29, 1.82) is 0 Å². The van der Waals surface area contributed by atoms with Crippen LogP contribution in [0, 0.1) is 5.41 Å². The minimum absolute atomic E-state index is 0.102. The molecule has 1 saturated heterocycles. The number of allylic oxidation sites excluding steroid dienone is 4. The smallest absolute Gasteiger partial charge is 0.290 e. The van der Waals surface area contributed by atoms with Crippen LogP contribution in [0.2, 0.25) is 0 Å². The molecule has 1 aliphatic heterocycles. The van der Waals surface area contributed by atoms with Gasteiger partial charge in [0.25, 0.3) is 10.1 Å². The molecule has 96 valence electrons. The van der Waals surface area contributed by atoms with Crippen LogP contribution < -0.4 is 0 Å². The topological polar surface area (TPSA) is 63.6 Å². The highest BCUT2D eigenvalue weighted by atomic mass is 32.2. The Morgan fingerprint density at radius 1 is 1.53 bits per heavy atom. The minimum Gasteiger partial charge on any atom is -0.378 e. The van der Waals surface area contributed by atoms with E-state index in [-0.39, 0.29) is 16.4 Å². The van der Waals surface area contributed by atoms with E-state index in [1.807, 2.05) is 13.8 Å². The summed E-state index contributed by atoms with van der Waals surface area (Å²) in [6.45, 7) is 4.82. The van der Waals surface area contributed by atoms with Crippen LogP contribution in [0.5, 0.6) is 0 Å². The zero-order valence-electron chi connectivity index (χ0n) is 10.1. The van der Waals surface area contributed by atoms with E-state index in [0.717, 1.165) is 25.0 Å². The summed E-state index contributed by atoms with van der Waals surface area (Å²) in [4.78, 5) is 0.102. The fourth-order valence-electron chi connectivity index (χ4n) is 2.36. The van der Waals surface area contributed by atoms with Crippen LogP contribution in [0.25, 0.3) is 0 Å². The molecule has 1 fully saturated rings. The van der Waals surface area contributed by atoms with Gasteiger partial charge < -0.3 is 4.74 Å².